The molecule has 29 heavy (non-hydrogen) atoms. The molecule has 0 aromatic carbocycles. The summed E-state index contributed by atoms with van der Waals surface area (Å²) in [5.41, 5.74) is 0.342. The SMILES string of the molecule is CCN=C(NC1CC(OCC)C12CCC2)N1CCN(CC(=O)N2CCCC2)CC1. The van der Waals surface area contributed by atoms with E-state index in [1.54, 1.807) is 0 Å². The zero-order valence-corrected chi connectivity index (χ0v) is 18.4. The first kappa shape index (κ1) is 20.9. The maximum absolute atomic E-state index is 12.4. The van der Waals surface area contributed by atoms with Crippen molar-refractivity contribution in [2.24, 2.45) is 10.4 Å². The Morgan fingerprint density at radius 1 is 1.03 bits per heavy atom. The number of hydrogen-bond acceptors (Lipinski definition) is 4. The van der Waals surface area contributed by atoms with Crippen LogP contribution in [0.1, 0.15) is 52.4 Å². The van der Waals surface area contributed by atoms with Gasteiger partial charge in [-0.15, -0.1) is 0 Å². The van der Waals surface area contributed by atoms with Crippen molar-refractivity contribution in [3.05, 3.63) is 0 Å². The van der Waals surface area contributed by atoms with E-state index in [-0.39, 0.29) is 0 Å². The highest BCUT2D eigenvalue weighted by Gasteiger charge is 2.59. The minimum Gasteiger partial charge on any atom is -0.378 e. The Morgan fingerprint density at radius 3 is 2.34 bits per heavy atom. The van der Waals surface area contributed by atoms with Crippen LogP contribution in [0.15, 0.2) is 4.99 Å². The molecule has 0 bridgehead atoms. The van der Waals surface area contributed by atoms with E-state index in [1.165, 1.54) is 19.3 Å². The molecule has 4 aliphatic rings. The number of nitrogens with zero attached hydrogens (tertiary/aromatic N) is 4. The molecule has 4 fully saturated rings. The third-order valence-corrected chi connectivity index (χ3v) is 7.54. The molecule has 0 radical (unpaired) electrons. The molecule has 2 aliphatic heterocycles. The third-order valence-electron chi connectivity index (χ3n) is 7.54. The van der Waals surface area contributed by atoms with Gasteiger partial charge in [0.25, 0.3) is 0 Å². The summed E-state index contributed by atoms with van der Waals surface area (Å²) >= 11 is 0. The van der Waals surface area contributed by atoms with Gasteiger partial charge in [0.05, 0.1) is 12.6 Å². The number of carbonyl (C=O) groups excluding carboxylic acids is 1. The Bertz CT molecular complexity index is 592. The van der Waals surface area contributed by atoms with Crippen LogP contribution in [-0.4, -0.2) is 97.7 Å². The fraction of sp³-hybridized carbons (Fsp3) is 0.909. The average molecular weight is 406 g/mol. The van der Waals surface area contributed by atoms with Crippen molar-refractivity contribution in [1.82, 2.24) is 20.0 Å². The summed E-state index contributed by atoms with van der Waals surface area (Å²) in [4.78, 5) is 24.0. The zero-order chi connectivity index (χ0) is 20.3. The second-order valence-electron chi connectivity index (χ2n) is 9.11. The lowest BCUT2D eigenvalue weighted by Gasteiger charge is -2.61. The first-order valence-electron chi connectivity index (χ1n) is 11.8. The topological polar surface area (TPSA) is 60.4 Å². The number of carbonyl (C=O) groups is 1. The van der Waals surface area contributed by atoms with Crippen LogP contribution in [0.25, 0.3) is 0 Å². The largest absolute Gasteiger partial charge is 0.378 e. The van der Waals surface area contributed by atoms with Gasteiger partial charge in [-0.05, 0) is 46.0 Å². The summed E-state index contributed by atoms with van der Waals surface area (Å²) in [5, 5.41) is 3.81. The smallest absolute Gasteiger partial charge is 0.236 e. The molecule has 7 heteroatoms. The molecule has 1 amide bonds. The van der Waals surface area contributed by atoms with Crippen LogP contribution in [0.5, 0.6) is 0 Å². The minimum atomic E-state index is 0.305. The summed E-state index contributed by atoms with van der Waals surface area (Å²) < 4.78 is 6.01. The van der Waals surface area contributed by atoms with E-state index in [4.69, 9.17) is 9.73 Å². The van der Waals surface area contributed by atoms with Crippen molar-refractivity contribution >= 4 is 11.9 Å². The van der Waals surface area contributed by atoms with Gasteiger partial charge in [-0.25, -0.2) is 0 Å². The van der Waals surface area contributed by atoms with Crippen molar-refractivity contribution in [2.45, 2.75) is 64.5 Å². The molecule has 2 atom stereocenters. The average Bonchev–Trinajstić information content (AvgIpc) is 3.21. The summed E-state index contributed by atoms with van der Waals surface area (Å²) in [5.74, 6) is 1.36. The van der Waals surface area contributed by atoms with E-state index in [0.717, 1.165) is 77.6 Å². The number of piperazine rings is 1. The molecular formula is C22H39N5O2. The van der Waals surface area contributed by atoms with Crippen molar-refractivity contribution in [3.63, 3.8) is 0 Å². The lowest BCUT2D eigenvalue weighted by atomic mass is 9.51. The normalized spacial score (nSPS) is 29.7. The van der Waals surface area contributed by atoms with Crippen LogP contribution < -0.4 is 5.32 Å². The Morgan fingerprint density at radius 2 is 1.76 bits per heavy atom. The van der Waals surface area contributed by atoms with Crippen LogP contribution in [0.3, 0.4) is 0 Å². The molecule has 164 valence electrons. The number of hydrogen-bond donors (Lipinski definition) is 1. The highest BCUT2D eigenvalue weighted by atomic mass is 16.5. The van der Waals surface area contributed by atoms with Crippen molar-refractivity contribution < 1.29 is 9.53 Å². The van der Waals surface area contributed by atoms with E-state index in [2.05, 4.69) is 29.0 Å². The van der Waals surface area contributed by atoms with Crippen LogP contribution in [0.2, 0.25) is 0 Å². The van der Waals surface area contributed by atoms with Gasteiger partial charge in [-0.2, -0.15) is 0 Å². The van der Waals surface area contributed by atoms with Crippen LogP contribution in [-0.2, 0) is 9.53 Å². The first-order chi connectivity index (χ1) is 14.2. The molecule has 1 N–H and O–H groups in total. The van der Waals surface area contributed by atoms with Gasteiger partial charge in [0.15, 0.2) is 5.96 Å². The number of nitrogens with one attached hydrogen (secondary N) is 1. The number of aliphatic imine (C=N–C) groups is 1. The quantitative estimate of drug-likeness (QED) is 0.537. The molecule has 1 spiro atoms. The van der Waals surface area contributed by atoms with Gasteiger partial charge in [0, 0.05) is 63.9 Å². The lowest BCUT2D eigenvalue weighted by molar-refractivity contribution is -0.169. The molecule has 2 heterocycles. The van der Waals surface area contributed by atoms with Crippen molar-refractivity contribution in [3.8, 4) is 0 Å². The third kappa shape index (κ3) is 4.26. The number of likely N-dealkylation sites (tertiary alicyclic amines) is 1. The van der Waals surface area contributed by atoms with Gasteiger partial charge in [-0.1, -0.05) is 6.42 Å². The van der Waals surface area contributed by atoms with Crippen LogP contribution in [0, 0.1) is 5.41 Å². The molecule has 0 aromatic rings. The van der Waals surface area contributed by atoms with E-state index < -0.39 is 0 Å². The first-order valence-corrected chi connectivity index (χ1v) is 11.8. The van der Waals surface area contributed by atoms with E-state index in [9.17, 15) is 4.79 Å². The standard InChI is InChI=1S/C22H39N5O2/c1-3-23-21(24-18-16-19(29-4-2)22(18)8-7-9-22)27-14-12-25(13-15-27)17-20(28)26-10-5-6-11-26/h18-19H,3-17H2,1-2H3,(H,23,24). The minimum absolute atomic E-state index is 0.305. The summed E-state index contributed by atoms with van der Waals surface area (Å²) in [7, 11) is 0. The van der Waals surface area contributed by atoms with Crippen molar-refractivity contribution in [1.29, 1.82) is 0 Å². The Hall–Kier alpha value is -1.34. The summed E-state index contributed by atoms with van der Waals surface area (Å²) in [6, 6.07) is 0.493. The van der Waals surface area contributed by atoms with Gasteiger partial charge in [0.2, 0.25) is 5.91 Å². The number of ether oxygens (including phenoxy) is 1. The molecule has 2 saturated carbocycles. The highest BCUT2D eigenvalue weighted by Crippen LogP contribution is 2.57. The Balaban J connectivity index is 1.28. The van der Waals surface area contributed by atoms with Gasteiger partial charge < -0.3 is 19.9 Å². The zero-order valence-electron chi connectivity index (χ0n) is 18.4. The fourth-order valence-corrected chi connectivity index (χ4v) is 5.56. The fourth-order valence-electron chi connectivity index (χ4n) is 5.56. The predicted molar refractivity (Wildman–Crippen MR) is 115 cm³/mol. The number of rotatable bonds is 6. The molecule has 7 nitrogen and oxygen atoms in total. The maximum Gasteiger partial charge on any atom is 0.236 e. The van der Waals surface area contributed by atoms with Crippen molar-refractivity contribution in [2.75, 3.05) is 59.0 Å². The van der Waals surface area contributed by atoms with Gasteiger partial charge in [0.1, 0.15) is 0 Å². The number of guanidine groups is 1. The van der Waals surface area contributed by atoms with Gasteiger partial charge in [-0.3, -0.25) is 14.7 Å². The van der Waals surface area contributed by atoms with Crippen LogP contribution in [0.4, 0.5) is 0 Å². The molecule has 4 rings (SSSR count). The second-order valence-corrected chi connectivity index (χ2v) is 9.11. The molecule has 2 unspecified atom stereocenters. The van der Waals surface area contributed by atoms with Crippen LogP contribution >= 0.6 is 0 Å². The molecular weight excluding hydrogens is 366 g/mol. The summed E-state index contributed by atoms with van der Waals surface area (Å²) in [6.45, 7) is 12.0. The maximum atomic E-state index is 12.4. The monoisotopic (exact) mass is 405 g/mol. The van der Waals surface area contributed by atoms with Gasteiger partial charge >= 0.3 is 0 Å². The highest BCUT2D eigenvalue weighted by molar-refractivity contribution is 5.81. The lowest BCUT2D eigenvalue weighted by Crippen LogP contribution is -2.69. The second kappa shape index (κ2) is 9.21. The Kier molecular flexibility index (Phi) is 6.64. The van der Waals surface area contributed by atoms with E-state index in [1.807, 2.05) is 4.90 Å². The summed E-state index contributed by atoms with van der Waals surface area (Å²) in [6.07, 6.45) is 7.73. The molecule has 2 saturated heterocycles. The van der Waals surface area contributed by atoms with E-state index in [0.29, 0.717) is 30.0 Å². The predicted octanol–water partition coefficient (Wildman–Crippen LogP) is 1.54. The van der Waals surface area contributed by atoms with E-state index >= 15 is 0 Å². The molecule has 2 aliphatic carbocycles. The molecule has 0 aromatic heterocycles. The number of amides is 1. The Labute approximate surface area is 175 Å².